The van der Waals surface area contributed by atoms with Gasteiger partial charge in [-0.15, -0.1) is 6.58 Å². The highest BCUT2D eigenvalue weighted by Gasteiger charge is 2.20. The highest BCUT2D eigenvalue weighted by Crippen LogP contribution is 2.20. The van der Waals surface area contributed by atoms with E-state index < -0.39 is 6.09 Å². The second kappa shape index (κ2) is 8.80. The number of ether oxygens (including phenoxy) is 1. The van der Waals surface area contributed by atoms with E-state index in [2.05, 4.69) is 21.5 Å². The summed E-state index contributed by atoms with van der Waals surface area (Å²) in [5.41, 5.74) is 0. The first-order chi connectivity index (χ1) is 9.65. The molecule has 0 aliphatic rings. The topological polar surface area (TPSA) is 68.2 Å². The molecule has 0 saturated heterocycles. The molecule has 0 bridgehead atoms. The first-order valence-electron chi connectivity index (χ1n) is 6.14. The van der Waals surface area contributed by atoms with E-state index in [1.807, 2.05) is 13.2 Å². The maximum Gasteiger partial charge on any atom is 0.416 e. The summed E-state index contributed by atoms with van der Waals surface area (Å²) in [6.07, 6.45) is 2.99. The summed E-state index contributed by atoms with van der Waals surface area (Å²) in [6.45, 7) is 7.99. The molecule has 1 heterocycles. The fourth-order valence-corrected chi connectivity index (χ4v) is 2.27. The molecule has 8 heteroatoms. The molecule has 0 atom stereocenters. The Morgan fingerprint density at radius 2 is 2.05 bits per heavy atom. The highest BCUT2D eigenvalue weighted by atomic mass is 32.2. The lowest BCUT2D eigenvalue weighted by molar-refractivity contribution is 0.160. The molecule has 0 unspecified atom stereocenters. The summed E-state index contributed by atoms with van der Waals surface area (Å²) in [4.78, 5) is 26.1. The third-order valence-electron chi connectivity index (χ3n) is 2.08. The molecular formula is C12H18N4O2S2. The molecule has 1 rings (SSSR count). The van der Waals surface area contributed by atoms with Crippen LogP contribution in [0.2, 0.25) is 0 Å². The van der Waals surface area contributed by atoms with Crippen molar-refractivity contribution in [3.63, 3.8) is 0 Å². The van der Waals surface area contributed by atoms with Gasteiger partial charge >= 0.3 is 6.09 Å². The fraction of sp³-hybridized carbons (Fsp3) is 0.500. The van der Waals surface area contributed by atoms with Gasteiger partial charge < -0.3 is 4.74 Å². The zero-order chi connectivity index (χ0) is 15.0. The summed E-state index contributed by atoms with van der Waals surface area (Å²) < 4.78 is 5.01. The molecule has 1 amide bonds. The van der Waals surface area contributed by atoms with Crippen molar-refractivity contribution in [3.8, 4) is 0 Å². The van der Waals surface area contributed by atoms with Crippen LogP contribution >= 0.6 is 23.5 Å². The second-order valence-corrected chi connectivity index (χ2v) is 5.44. The molecule has 0 aliphatic carbocycles. The van der Waals surface area contributed by atoms with Crippen molar-refractivity contribution in [2.75, 3.05) is 30.1 Å². The van der Waals surface area contributed by atoms with Crippen molar-refractivity contribution in [3.05, 3.63) is 12.7 Å². The molecule has 6 nitrogen and oxygen atoms in total. The Morgan fingerprint density at radius 3 is 2.60 bits per heavy atom. The van der Waals surface area contributed by atoms with E-state index in [0.717, 1.165) is 5.75 Å². The zero-order valence-electron chi connectivity index (χ0n) is 11.8. The van der Waals surface area contributed by atoms with Gasteiger partial charge in [0, 0.05) is 0 Å². The number of anilines is 1. The lowest BCUT2D eigenvalue weighted by Gasteiger charge is -2.18. The van der Waals surface area contributed by atoms with Crippen molar-refractivity contribution in [2.24, 2.45) is 0 Å². The molecule has 0 saturated carbocycles. The number of amides is 1. The second-order valence-electron chi connectivity index (χ2n) is 3.44. The van der Waals surface area contributed by atoms with E-state index in [1.165, 1.54) is 28.4 Å². The van der Waals surface area contributed by atoms with Gasteiger partial charge in [0.05, 0.1) is 13.2 Å². The quantitative estimate of drug-likeness (QED) is 0.566. The third-order valence-corrected chi connectivity index (χ3v) is 3.36. The zero-order valence-corrected chi connectivity index (χ0v) is 13.5. The minimum atomic E-state index is -0.488. The summed E-state index contributed by atoms with van der Waals surface area (Å²) in [5.74, 6) is 1.14. The maximum absolute atomic E-state index is 11.9. The average Bonchev–Trinajstić information content (AvgIpc) is 2.44. The van der Waals surface area contributed by atoms with Crippen LogP contribution in [-0.4, -0.2) is 46.2 Å². The number of hydrogen-bond acceptors (Lipinski definition) is 7. The van der Waals surface area contributed by atoms with Crippen LogP contribution in [0, 0.1) is 0 Å². The van der Waals surface area contributed by atoms with Gasteiger partial charge in [-0.1, -0.05) is 36.5 Å². The molecule has 0 aliphatic heterocycles. The standard InChI is InChI=1S/C12H18N4O2S2/c1-5-8-16(12(17)18-6-2)9-13-10(19-4)15-11(14-9)20-7-3/h5H,1,6-8H2,2-4H3. The lowest BCUT2D eigenvalue weighted by Crippen LogP contribution is -2.33. The van der Waals surface area contributed by atoms with Gasteiger partial charge in [0.15, 0.2) is 10.3 Å². The van der Waals surface area contributed by atoms with Crippen LogP contribution in [0.1, 0.15) is 13.8 Å². The van der Waals surface area contributed by atoms with E-state index in [-0.39, 0.29) is 6.54 Å². The molecule has 0 fully saturated rings. The van der Waals surface area contributed by atoms with E-state index in [4.69, 9.17) is 4.74 Å². The predicted octanol–water partition coefficient (Wildman–Crippen LogP) is 2.85. The Kier molecular flexibility index (Phi) is 7.38. The third kappa shape index (κ3) is 4.68. The fourth-order valence-electron chi connectivity index (χ4n) is 1.30. The van der Waals surface area contributed by atoms with Crippen molar-refractivity contribution >= 4 is 35.6 Å². The largest absolute Gasteiger partial charge is 0.449 e. The number of carbonyl (C=O) groups is 1. The monoisotopic (exact) mass is 314 g/mol. The summed E-state index contributed by atoms with van der Waals surface area (Å²) in [6, 6.07) is 0. The number of thioether (sulfide) groups is 2. The molecule has 20 heavy (non-hydrogen) atoms. The van der Waals surface area contributed by atoms with Crippen LogP contribution in [0.25, 0.3) is 0 Å². The highest BCUT2D eigenvalue weighted by molar-refractivity contribution is 7.99. The molecule has 1 aromatic rings. The average molecular weight is 314 g/mol. The number of aromatic nitrogens is 3. The van der Waals surface area contributed by atoms with Crippen molar-refractivity contribution in [2.45, 2.75) is 24.2 Å². The van der Waals surface area contributed by atoms with Gasteiger partial charge in [0.1, 0.15) is 0 Å². The number of hydrogen-bond donors (Lipinski definition) is 0. The normalized spacial score (nSPS) is 10.2. The minimum absolute atomic E-state index is 0.285. The Hall–Kier alpha value is -1.28. The first kappa shape index (κ1) is 16.8. The summed E-state index contributed by atoms with van der Waals surface area (Å²) in [5, 5.41) is 1.17. The van der Waals surface area contributed by atoms with Crippen LogP contribution in [-0.2, 0) is 4.74 Å². The van der Waals surface area contributed by atoms with Crippen molar-refractivity contribution in [1.82, 2.24) is 15.0 Å². The summed E-state index contributed by atoms with van der Waals surface area (Å²) >= 11 is 2.90. The molecule has 1 aromatic heterocycles. The summed E-state index contributed by atoms with van der Waals surface area (Å²) in [7, 11) is 0. The van der Waals surface area contributed by atoms with Crippen molar-refractivity contribution in [1.29, 1.82) is 0 Å². The van der Waals surface area contributed by atoms with Gasteiger partial charge in [-0.25, -0.2) is 9.69 Å². The van der Waals surface area contributed by atoms with Gasteiger partial charge in [-0.3, -0.25) is 0 Å². The Bertz CT molecular complexity index is 471. The van der Waals surface area contributed by atoms with Gasteiger partial charge in [0.2, 0.25) is 5.95 Å². The van der Waals surface area contributed by atoms with Crippen LogP contribution in [0.4, 0.5) is 10.7 Å². The van der Waals surface area contributed by atoms with E-state index in [0.29, 0.717) is 22.9 Å². The predicted molar refractivity (Wildman–Crippen MR) is 82.6 cm³/mol. The SMILES string of the molecule is C=CCN(C(=O)OCC)c1nc(SC)nc(SCC)n1. The number of nitrogens with zero attached hydrogens (tertiary/aromatic N) is 4. The van der Waals surface area contributed by atoms with E-state index in [9.17, 15) is 4.79 Å². The van der Waals surface area contributed by atoms with Gasteiger partial charge in [-0.05, 0) is 18.9 Å². The number of carbonyl (C=O) groups excluding carboxylic acids is 1. The smallest absolute Gasteiger partial charge is 0.416 e. The lowest BCUT2D eigenvalue weighted by atomic mass is 10.5. The molecule has 0 spiro atoms. The van der Waals surface area contributed by atoms with E-state index in [1.54, 1.807) is 13.0 Å². The van der Waals surface area contributed by atoms with Crippen LogP contribution in [0.3, 0.4) is 0 Å². The molecule has 0 N–H and O–H groups in total. The van der Waals surface area contributed by atoms with Gasteiger partial charge in [-0.2, -0.15) is 15.0 Å². The molecular weight excluding hydrogens is 296 g/mol. The Balaban J connectivity index is 3.13. The Morgan fingerprint density at radius 1 is 1.35 bits per heavy atom. The molecule has 0 radical (unpaired) electrons. The molecule has 110 valence electrons. The van der Waals surface area contributed by atoms with Crippen LogP contribution in [0.15, 0.2) is 23.0 Å². The van der Waals surface area contributed by atoms with Crippen molar-refractivity contribution < 1.29 is 9.53 Å². The van der Waals surface area contributed by atoms with E-state index >= 15 is 0 Å². The van der Waals surface area contributed by atoms with Gasteiger partial charge in [0.25, 0.3) is 0 Å². The Labute approximate surface area is 127 Å². The first-order valence-corrected chi connectivity index (χ1v) is 8.35. The number of rotatable bonds is 7. The molecule has 0 aromatic carbocycles. The van der Waals surface area contributed by atoms with Crippen LogP contribution in [0.5, 0.6) is 0 Å². The van der Waals surface area contributed by atoms with Crippen LogP contribution < -0.4 is 4.90 Å². The maximum atomic E-state index is 11.9. The minimum Gasteiger partial charge on any atom is -0.449 e.